The van der Waals surface area contributed by atoms with E-state index >= 15 is 0 Å². The molecule has 3 N–H and O–H groups in total. The van der Waals surface area contributed by atoms with Crippen LogP contribution in [-0.2, 0) is 16.1 Å². The van der Waals surface area contributed by atoms with Gasteiger partial charge in [0.1, 0.15) is 17.3 Å². The van der Waals surface area contributed by atoms with E-state index in [1.807, 2.05) is 27.7 Å². The zero-order chi connectivity index (χ0) is 25.9. The number of anilines is 3. The highest BCUT2D eigenvalue weighted by Gasteiger charge is 2.31. The molecule has 0 bridgehead atoms. The standard InChI is InChI=1S/C24H34N6O5/c1-6-11-29-19(18(25)21(32)30(23(29)34)16-8-9-16)27-20(31)15-7-10-17(26-14-15)28(12-13-35-5)22(33)24(2,3)4/h7,10,14,16H,6,8-9,11-13,25H2,1-5H3,(H,27,31). The van der Waals surface area contributed by atoms with Crippen molar-refractivity contribution in [2.45, 2.75) is 59.5 Å². The predicted octanol–water partition coefficient (Wildman–Crippen LogP) is 2.01. The molecule has 2 amide bonds. The Balaban J connectivity index is 1.90. The number of carbonyl (C=O) groups is 2. The number of nitrogens with one attached hydrogen (secondary N) is 1. The summed E-state index contributed by atoms with van der Waals surface area (Å²) in [6, 6.07) is 2.96. The average molecular weight is 487 g/mol. The zero-order valence-electron chi connectivity index (χ0n) is 21.0. The molecule has 0 aromatic carbocycles. The van der Waals surface area contributed by atoms with Gasteiger partial charge in [-0.05, 0) is 31.4 Å². The second-order valence-electron chi connectivity index (χ2n) is 9.66. The van der Waals surface area contributed by atoms with Crippen LogP contribution >= 0.6 is 0 Å². The molecule has 11 heteroatoms. The van der Waals surface area contributed by atoms with Crippen LogP contribution in [0.25, 0.3) is 0 Å². The third kappa shape index (κ3) is 5.61. The van der Waals surface area contributed by atoms with Gasteiger partial charge in [0.25, 0.3) is 11.5 Å². The van der Waals surface area contributed by atoms with E-state index in [1.165, 1.54) is 26.3 Å². The van der Waals surface area contributed by atoms with E-state index in [4.69, 9.17) is 10.5 Å². The van der Waals surface area contributed by atoms with Crippen molar-refractivity contribution in [2.75, 3.05) is 36.2 Å². The van der Waals surface area contributed by atoms with E-state index < -0.39 is 22.6 Å². The summed E-state index contributed by atoms with van der Waals surface area (Å²) in [6.07, 6.45) is 3.46. The number of pyridine rings is 1. The number of hydrogen-bond acceptors (Lipinski definition) is 7. The smallest absolute Gasteiger partial charge is 0.332 e. The van der Waals surface area contributed by atoms with Gasteiger partial charge < -0.3 is 15.8 Å². The number of rotatable bonds is 9. The van der Waals surface area contributed by atoms with Crippen molar-refractivity contribution in [3.8, 4) is 0 Å². The van der Waals surface area contributed by atoms with Crippen molar-refractivity contribution in [1.82, 2.24) is 14.1 Å². The molecule has 0 atom stereocenters. The fourth-order valence-electron chi connectivity index (χ4n) is 3.68. The summed E-state index contributed by atoms with van der Waals surface area (Å²) in [5.41, 5.74) is 4.38. The Labute approximate surface area is 203 Å². The van der Waals surface area contributed by atoms with E-state index in [0.29, 0.717) is 31.9 Å². The van der Waals surface area contributed by atoms with Crippen molar-refractivity contribution >= 4 is 29.1 Å². The van der Waals surface area contributed by atoms with E-state index in [2.05, 4.69) is 10.3 Å². The first-order valence-electron chi connectivity index (χ1n) is 11.7. The lowest BCUT2D eigenvalue weighted by molar-refractivity contribution is -0.126. The average Bonchev–Trinajstić information content (AvgIpc) is 3.65. The topological polar surface area (TPSA) is 142 Å². The molecule has 0 saturated heterocycles. The number of hydrogen-bond donors (Lipinski definition) is 2. The number of aromatic nitrogens is 3. The predicted molar refractivity (Wildman–Crippen MR) is 134 cm³/mol. The number of amides is 2. The van der Waals surface area contributed by atoms with Gasteiger partial charge in [0.05, 0.1) is 18.7 Å². The minimum absolute atomic E-state index is 0.0162. The molecule has 1 aliphatic rings. The third-order valence-corrected chi connectivity index (χ3v) is 5.69. The van der Waals surface area contributed by atoms with Crippen molar-refractivity contribution in [3.05, 3.63) is 44.7 Å². The number of methoxy groups -OCH3 is 1. The molecule has 0 aliphatic heterocycles. The molecule has 1 fully saturated rings. The summed E-state index contributed by atoms with van der Waals surface area (Å²) < 4.78 is 7.64. The largest absolute Gasteiger partial charge is 0.391 e. The summed E-state index contributed by atoms with van der Waals surface area (Å²) in [5.74, 6) is -0.341. The van der Waals surface area contributed by atoms with E-state index in [1.54, 1.807) is 13.2 Å². The van der Waals surface area contributed by atoms with Crippen LogP contribution in [0.15, 0.2) is 27.9 Å². The molecular formula is C24H34N6O5. The van der Waals surface area contributed by atoms with E-state index in [-0.39, 0.29) is 29.0 Å². The molecule has 2 aromatic heterocycles. The second-order valence-corrected chi connectivity index (χ2v) is 9.66. The van der Waals surface area contributed by atoms with Crippen LogP contribution in [0.2, 0.25) is 0 Å². The van der Waals surface area contributed by atoms with Crippen LogP contribution in [0.5, 0.6) is 0 Å². The summed E-state index contributed by atoms with van der Waals surface area (Å²) in [6.45, 7) is 8.26. The summed E-state index contributed by atoms with van der Waals surface area (Å²) in [7, 11) is 1.55. The maximum Gasteiger partial charge on any atom is 0.332 e. The lowest BCUT2D eigenvalue weighted by atomic mass is 9.94. The third-order valence-electron chi connectivity index (χ3n) is 5.69. The molecular weight excluding hydrogens is 452 g/mol. The maximum atomic E-state index is 13.0. The van der Waals surface area contributed by atoms with Gasteiger partial charge in [0.2, 0.25) is 5.91 Å². The number of nitrogens with two attached hydrogens (primary N) is 1. The molecule has 1 saturated carbocycles. The molecule has 35 heavy (non-hydrogen) atoms. The lowest BCUT2D eigenvalue weighted by Crippen LogP contribution is -2.42. The van der Waals surface area contributed by atoms with E-state index in [0.717, 1.165) is 12.8 Å². The van der Waals surface area contributed by atoms with Gasteiger partial charge in [-0.3, -0.25) is 28.4 Å². The summed E-state index contributed by atoms with van der Waals surface area (Å²) >= 11 is 0. The molecule has 2 aromatic rings. The number of nitrogen functional groups attached to an aromatic ring is 1. The van der Waals surface area contributed by atoms with Crippen LogP contribution in [0.3, 0.4) is 0 Å². The second kappa shape index (κ2) is 10.4. The minimum Gasteiger partial charge on any atom is -0.391 e. The Morgan fingerprint density at radius 2 is 1.94 bits per heavy atom. The summed E-state index contributed by atoms with van der Waals surface area (Å²) in [5, 5.41) is 2.62. The van der Waals surface area contributed by atoms with Crippen LogP contribution in [0.1, 0.15) is 63.4 Å². The first kappa shape index (κ1) is 26.1. The van der Waals surface area contributed by atoms with Crippen LogP contribution in [-0.4, -0.2) is 46.2 Å². The fraction of sp³-hybridized carbons (Fsp3) is 0.542. The molecule has 1 aliphatic carbocycles. The Hall–Kier alpha value is -3.47. The van der Waals surface area contributed by atoms with Crippen LogP contribution < -0.4 is 27.2 Å². The van der Waals surface area contributed by atoms with Crippen molar-refractivity contribution < 1.29 is 14.3 Å². The maximum absolute atomic E-state index is 13.0. The van der Waals surface area contributed by atoms with Gasteiger partial charge in [0.15, 0.2) is 0 Å². The quantitative estimate of drug-likeness (QED) is 0.552. The monoisotopic (exact) mass is 486 g/mol. The molecule has 0 radical (unpaired) electrons. The Bertz CT molecular complexity index is 1210. The molecule has 0 unspecified atom stereocenters. The van der Waals surface area contributed by atoms with Gasteiger partial charge in [-0.15, -0.1) is 0 Å². The minimum atomic E-state index is -0.632. The van der Waals surface area contributed by atoms with Crippen molar-refractivity contribution in [1.29, 1.82) is 0 Å². The van der Waals surface area contributed by atoms with Gasteiger partial charge in [0, 0.05) is 31.3 Å². The van der Waals surface area contributed by atoms with E-state index in [9.17, 15) is 19.2 Å². The highest BCUT2D eigenvalue weighted by Crippen LogP contribution is 2.33. The highest BCUT2D eigenvalue weighted by atomic mass is 16.5. The Morgan fingerprint density at radius 3 is 2.46 bits per heavy atom. The molecule has 3 rings (SSSR count). The first-order valence-corrected chi connectivity index (χ1v) is 11.7. The Morgan fingerprint density at radius 1 is 1.26 bits per heavy atom. The molecule has 11 nitrogen and oxygen atoms in total. The highest BCUT2D eigenvalue weighted by molar-refractivity contribution is 6.05. The number of nitrogens with zero attached hydrogens (tertiary/aromatic N) is 4. The van der Waals surface area contributed by atoms with Crippen LogP contribution in [0, 0.1) is 5.41 Å². The lowest BCUT2D eigenvalue weighted by Gasteiger charge is -2.28. The first-order chi connectivity index (χ1) is 16.5. The van der Waals surface area contributed by atoms with Crippen LogP contribution in [0.4, 0.5) is 17.3 Å². The molecule has 2 heterocycles. The molecule has 190 valence electrons. The zero-order valence-corrected chi connectivity index (χ0v) is 21.0. The number of ether oxygens (including phenoxy) is 1. The van der Waals surface area contributed by atoms with Gasteiger partial charge in [-0.2, -0.15) is 0 Å². The normalized spacial score (nSPS) is 13.5. The SMILES string of the molecule is CCCn1c(NC(=O)c2ccc(N(CCOC)C(=O)C(C)(C)C)nc2)c(N)c(=O)n(C2CC2)c1=O. The fourth-order valence-corrected chi connectivity index (χ4v) is 3.68. The number of carbonyl (C=O) groups excluding carboxylic acids is 2. The van der Waals surface area contributed by atoms with Gasteiger partial charge in [-0.1, -0.05) is 27.7 Å². The Kier molecular flexibility index (Phi) is 7.79. The van der Waals surface area contributed by atoms with Gasteiger partial charge >= 0.3 is 5.69 Å². The van der Waals surface area contributed by atoms with Crippen molar-refractivity contribution in [3.63, 3.8) is 0 Å². The van der Waals surface area contributed by atoms with Gasteiger partial charge in [-0.25, -0.2) is 9.78 Å². The summed E-state index contributed by atoms with van der Waals surface area (Å²) in [4.78, 5) is 57.4. The molecule has 0 spiro atoms. The van der Waals surface area contributed by atoms with Crippen molar-refractivity contribution in [2.24, 2.45) is 5.41 Å².